The summed E-state index contributed by atoms with van der Waals surface area (Å²) in [5, 5.41) is 0. The van der Waals surface area contributed by atoms with Gasteiger partial charge in [-0.15, -0.1) is 6.58 Å². The van der Waals surface area contributed by atoms with Crippen molar-refractivity contribution in [3.63, 3.8) is 0 Å². The van der Waals surface area contributed by atoms with Gasteiger partial charge in [0, 0.05) is 11.3 Å². The van der Waals surface area contributed by atoms with Crippen molar-refractivity contribution in [1.82, 2.24) is 0 Å². The van der Waals surface area contributed by atoms with Crippen LogP contribution in [0.25, 0.3) is 0 Å². The Balaban J connectivity index is 2.86. The molecule has 0 aromatic rings. The smallest absolute Gasteiger partial charge is 0.145 e. The van der Waals surface area contributed by atoms with Crippen molar-refractivity contribution in [2.45, 2.75) is 33.6 Å². The van der Waals surface area contributed by atoms with Crippen molar-refractivity contribution >= 4 is 5.78 Å². The fourth-order valence-electron chi connectivity index (χ4n) is 2.37. The largest absolute Gasteiger partial charge is 0.298 e. The van der Waals surface area contributed by atoms with E-state index in [0.29, 0.717) is 11.7 Å². The Morgan fingerprint density at radius 1 is 1.58 bits per heavy atom. The van der Waals surface area contributed by atoms with Crippen molar-refractivity contribution in [1.29, 1.82) is 0 Å². The lowest BCUT2D eigenvalue weighted by Crippen LogP contribution is -2.37. The predicted octanol–water partition coefficient (Wildman–Crippen LogP) is 2.81. The van der Waals surface area contributed by atoms with Gasteiger partial charge in [0.1, 0.15) is 5.78 Å². The van der Waals surface area contributed by atoms with Crippen LogP contribution in [0.1, 0.15) is 33.6 Å². The third kappa shape index (κ3) is 1.45. The van der Waals surface area contributed by atoms with Gasteiger partial charge in [-0.25, -0.2) is 0 Å². The average Bonchev–Trinajstić information content (AvgIpc) is 2.00. The molecule has 0 aromatic heterocycles. The van der Waals surface area contributed by atoms with E-state index in [4.69, 9.17) is 0 Å². The van der Waals surface area contributed by atoms with Crippen LogP contribution >= 0.6 is 0 Å². The Hall–Kier alpha value is -0.590. The molecule has 0 amide bonds. The molecule has 1 fully saturated rings. The number of ketones is 1. The minimum Gasteiger partial charge on any atom is -0.298 e. The van der Waals surface area contributed by atoms with Crippen LogP contribution < -0.4 is 0 Å². The molecule has 0 heterocycles. The highest BCUT2D eigenvalue weighted by Gasteiger charge is 2.39. The van der Waals surface area contributed by atoms with Crippen molar-refractivity contribution in [2.24, 2.45) is 17.3 Å². The highest BCUT2D eigenvalue weighted by molar-refractivity contribution is 5.88. The minimum atomic E-state index is -0.253. The van der Waals surface area contributed by atoms with E-state index in [1.807, 2.05) is 19.9 Å². The maximum Gasteiger partial charge on any atom is 0.145 e. The minimum absolute atomic E-state index is 0.219. The van der Waals surface area contributed by atoms with Crippen LogP contribution in [-0.2, 0) is 4.79 Å². The van der Waals surface area contributed by atoms with E-state index in [1.54, 1.807) is 0 Å². The first-order valence-electron chi connectivity index (χ1n) is 4.67. The maximum atomic E-state index is 11.8. The lowest BCUT2D eigenvalue weighted by atomic mass is 9.66. The number of Topliss-reactive ketones (excluding diaryl/α,β-unsaturated/α-hetero) is 1. The summed E-state index contributed by atoms with van der Waals surface area (Å²) in [5.74, 6) is 1.24. The summed E-state index contributed by atoms with van der Waals surface area (Å²) < 4.78 is 0. The van der Waals surface area contributed by atoms with Crippen molar-refractivity contribution in [2.75, 3.05) is 0 Å². The van der Waals surface area contributed by atoms with E-state index in [9.17, 15) is 4.79 Å². The van der Waals surface area contributed by atoms with Gasteiger partial charge in [-0.2, -0.15) is 0 Å². The molecule has 0 spiro atoms. The molecule has 0 N–H and O–H groups in total. The van der Waals surface area contributed by atoms with E-state index in [1.165, 1.54) is 0 Å². The monoisotopic (exact) mass is 166 g/mol. The number of hydrogen-bond acceptors (Lipinski definition) is 1. The fraction of sp³-hybridized carbons (Fsp3) is 0.727. The van der Waals surface area contributed by atoms with Gasteiger partial charge in [0.15, 0.2) is 0 Å². The standard InChI is InChI=1S/C11H18O/c1-5-11(4)7-8(2)6-9(3)10(11)12/h5,8-9H,1,6-7H2,2-4H3/t8-,9+,11-/m0/s1. The molecule has 0 bridgehead atoms. The van der Waals surface area contributed by atoms with Gasteiger partial charge in [0.2, 0.25) is 0 Å². The summed E-state index contributed by atoms with van der Waals surface area (Å²) in [6.07, 6.45) is 3.84. The van der Waals surface area contributed by atoms with Crippen LogP contribution in [0.2, 0.25) is 0 Å². The average molecular weight is 166 g/mol. The second-order valence-corrected chi connectivity index (χ2v) is 4.43. The Bertz CT molecular complexity index is 207. The topological polar surface area (TPSA) is 17.1 Å². The van der Waals surface area contributed by atoms with Crippen LogP contribution in [0.15, 0.2) is 12.7 Å². The third-order valence-corrected chi connectivity index (χ3v) is 2.99. The lowest BCUT2D eigenvalue weighted by Gasteiger charge is -2.36. The summed E-state index contributed by atoms with van der Waals surface area (Å²) in [5.41, 5.74) is -0.253. The quantitative estimate of drug-likeness (QED) is 0.547. The summed E-state index contributed by atoms with van der Waals surface area (Å²) in [6.45, 7) is 10.0. The molecule has 1 rings (SSSR count). The Morgan fingerprint density at radius 3 is 2.67 bits per heavy atom. The molecule has 0 aliphatic heterocycles. The molecular formula is C11H18O. The number of carbonyl (C=O) groups is 1. The van der Waals surface area contributed by atoms with Gasteiger partial charge >= 0.3 is 0 Å². The van der Waals surface area contributed by atoms with E-state index in [0.717, 1.165) is 12.8 Å². The molecule has 1 heteroatoms. The van der Waals surface area contributed by atoms with E-state index < -0.39 is 0 Å². The molecule has 12 heavy (non-hydrogen) atoms. The van der Waals surface area contributed by atoms with Gasteiger partial charge in [-0.1, -0.05) is 19.9 Å². The highest BCUT2D eigenvalue weighted by Crippen LogP contribution is 2.39. The molecular weight excluding hydrogens is 148 g/mol. The fourth-order valence-corrected chi connectivity index (χ4v) is 2.37. The number of carbonyl (C=O) groups excluding carboxylic acids is 1. The zero-order chi connectivity index (χ0) is 9.35. The molecule has 1 aliphatic rings. The zero-order valence-corrected chi connectivity index (χ0v) is 8.26. The molecule has 0 saturated heterocycles. The number of allylic oxidation sites excluding steroid dienone is 1. The first kappa shape index (κ1) is 9.50. The molecule has 3 atom stereocenters. The van der Waals surface area contributed by atoms with Gasteiger partial charge in [-0.05, 0) is 25.7 Å². The van der Waals surface area contributed by atoms with Crippen molar-refractivity contribution < 1.29 is 4.79 Å². The summed E-state index contributed by atoms with van der Waals surface area (Å²) in [4.78, 5) is 11.8. The lowest BCUT2D eigenvalue weighted by molar-refractivity contribution is -0.133. The van der Waals surface area contributed by atoms with Crippen LogP contribution in [0, 0.1) is 17.3 Å². The Labute approximate surface area is 74.9 Å². The first-order valence-corrected chi connectivity index (χ1v) is 4.67. The Kier molecular flexibility index (Phi) is 2.41. The maximum absolute atomic E-state index is 11.8. The molecule has 1 saturated carbocycles. The van der Waals surface area contributed by atoms with Crippen molar-refractivity contribution in [3.05, 3.63) is 12.7 Å². The van der Waals surface area contributed by atoms with E-state index in [2.05, 4.69) is 13.5 Å². The van der Waals surface area contributed by atoms with Crippen molar-refractivity contribution in [3.8, 4) is 0 Å². The zero-order valence-electron chi connectivity index (χ0n) is 8.26. The number of rotatable bonds is 1. The summed E-state index contributed by atoms with van der Waals surface area (Å²) in [7, 11) is 0. The van der Waals surface area contributed by atoms with Gasteiger partial charge in [0.05, 0.1) is 0 Å². The van der Waals surface area contributed by atoms with Crippen LogP contribution in [0.5, 0.6) is 0 Å². The molecule has 1 aliphatic carbocycles. The predicted molar refractivity (Wildman–Crippen MR) is 50.9 cm³/mol. The van der Waals surface area contributed by atoms with Crippen LogP contribution in [0.4, 0.5) is 0 Å². The van der Waals surface area contributed by atoms with E-state index in [-0.39, 0.29) is 11.3 Å². The second-order valence-electron chi connectivity index (χ2n) is 4.43. The molecule has 0 radical (unpaired) electrons. The van der Waals surface area contributed by atoms with Gasteiger partial charge in [0.25, 0.3) is 0 Å². The highest BCUT2D eigenvalue weighted by atomic mass is 16.1. The Morgan fingerprint density at radius 2 is 2.17 bits per heavy atom. The number of hydrogen-bond donors (Lipinski definition) is 0. The SMILES string of the molecule is C=C[C@@]1(C)C[C@@H](C)C[C@@H](C)C1=O. The van der Waals surface area contributed by atoms with Gasteiger partial charge < -0.3 is 0 Å². The molecule has 0 aromatic carbocycles. The van der Waals surface area contributed by atoms with E-state index >= 15 is 0 Å². The molecule has 0 unspecified atom stereocenters. The van der Waals surface area contributed by atoms with Gasteiger partial charge in [-0.3, -0.25) is 4.79 Å². The summed E-state index contributed by atoms with van der Waals surface area (Å²) >= 11 is 0. The summed E-state index contributed by atoms with van der Waals surface area (Å²) in [6, 6.07) is 0. The molecule has 1 nitrogen and oxygen atoms in total. The second kappa shape index (κ2) is 3.04. The normalized spacial score (nSPS) is 42.8. The van der Waals surface area contributed by atoms with Crippen LogP contribution in [-0.4, -0.2) is 5.78 Å². The molecule has 68 valence electrons. The third-order valence-electron chi connectivity index (χ3n) is 2.99. The van der Waals surface area contributed by atoms with Crippen LogP contribution in [0.3, 0.4) is 0 Å². The first-order chi connectivity index (χ1) is 5.49.